The summed E-state index contributed by atoms with van der Waals surface area (Å²) in [5.74, 6) is 0. The molecule has 0 aliphatic rings. The topological polar surface area (TPSA) is 60.2 Å². The van der Waals surface area contributed by atoms with Crippen molar-refractivity contribution in [3.8, 4) is 0 Å². The Morgan fingerprint density at radius 3 is 2.45 bits per heavy atom. The summed E-state index contributed by atoms with van der Waals surface area (Å²) in [6.45, 7) is 8.05. The molecule has 0 aromatic heterocycles. The molecule has 0 heterocycles. The average molecular weight is 291 g/mol. The number of rotatable bonds is 5. The SMILES string of the molecule is C=C(/C=C\C)/C(=C\C)c1ccc(S(C)(=O)=O)c(CN)c1. The molecule has 1 rings (SSSR count). The molecule has 0 saturated carbocycles. The van der Waals surface area contributed by atoms with Gasteiger partial charge in [-0.1, -0.05) is 30.9 Å². The molecule has 20 heavy (non-hydrogen) atoms. The lowest BCUT2D eigenvalue weighted by atomic mass is 9.97. The van der Waals surface area contributed by atoms with Gasteiger partial charge in [-0.25, -0.2) is 8.42 Å². The number of allylic oxidation sites excluding steroid dienone is 5. The quantitative estimate of drug-likeness (QED) is 0.848. The van der Waals surface area contributed by atoms with Crippen molar-refractivity contribution in [3.63, 3.8) is 0 Å². The third-order valence-corrected chi connectivity index (χ3v) is 4.19. The molecule has 0 amide bonds. The molecule has 1 aromatic carbocycles. The van der Waals surface area contributed by atoms with E-state index in [-0.39, 0.29) is 11.4 Å². The highest BCUT2D eigenvalue weighted by molar-refractivity contribution is 7.90. The number of hydrogen-bond acceptors (Lipinski definition) is 3. The van der Waals surface area contributed by atoms with Crippen molar-refractivity contribution in [2.24, 2.45) is 5.73 Å². The zero-order valence-corrected chi connectivity index (χ0v) is 13.0. The zero-order chi connectivity index (χ0) is 15.3. The largest absolute Gasteiger partial charge is 0.326 e. The van der Waals surface area contributed by atoms with Crippen LogP contribution in [0.15, 0.2) is 53.5 Å². The molecular formula is C16H21NO2S. The molecule has 2 N–H and O–H groups in total. The van der Waals surface area contributed by atoms with Crippen molar-refractivity contribution in [2.75, 3.05) is 6.26 Å². The van der Waals surface area contributed by atoms with Crippen molar-refractivity contribution >= 4 is 15.4 Å². The van der Waals surface area contributed by atoms with Gasteiger partial charge in [-0.05, 0) is 48.3 Å². The van der Waals surface area contributed by atoms with Crippen molar-refractivity contribution in [1.82, 2.24) is 0 Å². The van der Waals surface area contributed by atoms with E-state index in [1.165, 1.54) is 6.26 Å². The van der Waals surface area contributed by atoms with Gasteiger partial charge in [-0.2, -0.15) is 0 Å². The standard InChI is InChI=1S/C16H21NO2S/c1-5-7-12(3)15(6-2)13-8-9-16(20(4,18)19)14(10-13)11-17/h5-10H,3,11,17H2,1-2,4H3/b7-5-,15-6+. The summed E-state index contributed by atoms with van der Waals surface area (Å²) in [4.78, 5) is 0.288. The molecule has 3 nitrogen and oxygen atoms in total. The summed E-state index contributed by atoms with van der Waals surface area (Å²) < 4.78 is 23.4. The van der Waals surface area contributed by atoms with E-state index in [2.05, 4.69) is 6.58 Å². The number of nitrogens with two attached hydrogens (primary N) is 1. The number of hydrogen-bond donors (Lipinski definition) is 1. The lowest BCUT2D eigenvalue weighted by Crippen LogP contribution is -2.07. The predicted molar refractivity (Wildman–Crippen MR) is 85.0 cm³/mol. The fourth-order valence-corrected chi connectivity index (χ4v) is 3.03. The Hall–Kier alpha value is -1.65. The summed E-state index contributed by atoms with van der Waals surface area (Å²) in [6, 6.07) is 5.22. The van der Waals surface area contributed by atoms with Crippen LogP contribution in [0.1, 0.15) is 25.0 Å². The molecule has 0 radical (unpaired) electrons. The van der Waals surface area contributed by atoms with Gasteiger partial charge in [-0.15, -0.1) is 0 Å². The molecule has 4 heteroatoms. The van der Waals surface area contributed by atoms with Crippen LogP contribution in [0.3, 0.4) is 0 Å². The molecule has 0 bridgehead atoms. The minimum Gasteiger partial charge on any atom is -0.326 e. The van der Waals surface area contributed by atoms with Gasteiger partial charge >= 0.3 is 0 Å². The molecule has 0 aliphatic heterocycles. The number of benzene rings is 1. The van der Waals surface area contributed by atoms with Gasteiger partial charge in [0, 0.05) is 12.8 Å². The van der Waals surface area contributed by atoms with Crippen LogP contribution in [0.5, 0.6) is 0 Å². The Morgan fingerprint density at radius 1 is 1.35 bits per heavy atom. The minimum absolute atomic E-state index is 0.184. The maximum Gasteiger partial charge on any atom is 0.175 e. The summed E-state index contributed by atoms with van der Waals surface area (Å²) in [6.07, 6.45) is 6.98. The molecule has 108 valence electrons. The van der Waals surface area contributed by atoms with Crippen molar-refractivity contribution < 1.29 is 8.42 Å². The van der Waals surface area contributed by atoms with Crippen LogP contribution in [0.25, 0.3) is 5.57 Å². The second kappa shape index (κ2) is 6.68. The predicted octanol–water partition coefficient (Wildman–Crippen LogP) is 3.08. The third-order valence-electron chi connectivity index (χ3n) is 2.99. The van der Waals surface area contributed by atoms with Crippen LogP contribution in [0.4, 0.5) is 0 Å². The fourth-order valence-electron chi connectivity index (χ4n) is 2.10. The number of sulfone groups is 1. The van der Waals surface area contributed by atoms with E-state index < -0.39 is 9.84 Å². The molecule has 0 spiro atoms. The second-order valence-corrected chi connectivity index (χ2v) is 6.51. The molecule has 1 aromatic rings. The van der Waals surface area contributed by atoms with Gasteiger partial charge in [0.1, 0.15) is 0 Å². The van der Waals surface area contributed by atoms with E-state index in [4.69, 9.17) is 5.73 Å². The van der Waals surface area contributed by atoms with E-state index in [0.29, 0.717) is 5.56 Å². The van der Waals surface area contributed by atoms with Crippen molar-refractivity contribution in [1.29, 1.82) is 0 Å². The van der Waals surface area contributed by atoms with Crippen LogP contribution in [-0.2, 0) is 16.4 Å². The third kappa shape index (κ3) is 3.68. The Bertz CT molecular complexity index is 668. The summed E-state index contributed by atoms with van der Waals surface area (Å²) in [5.41, 5.74) is 9.06. The molecular weight excluding hydrogens is 270 g/mol. The maximum absolute atomic E-state index is 11.7. The van der Waals surface area contributed by atoms with Gasteiger partial charge in [0.2, 0.25) is 0 Å². The molecule has 0 atom stereocenters. The first-order chi connectivity index (χ1) is 9.35. The smallest absolute Gasteiger partial charge is 0.175 e. The summed E-state index contributed by atoms with van der Waals surface area (Å²) in [5, 5.41) is 0. The van der Waals surface area contributed by atoms with Crippen molar-refractivity contribution in [3.05, 3.63) is 59.7 Å². The highest BCUT2D eigenvalue weighted by Gasteiger charge is 2.14. The van der Waals surface area contributed by atoms with Crippen molar-refractivity contribution in [2.45, 2.75) is 25.3 Å². The lowest BCUT2D eigenvalue weighted by Gasteiger charge is -2.12. The van der Waals surface area contributed by atoms with Gasteiger partial charge in [-0.3, -0.25) is 0 Å². The Labute approximate surface area is 121 Å². The van der Waals surface area contributed by atoms with Crippen LogP contribution >= 0.6 is 0 Å². The highest BCUT2D eigenvalue weighted by Crippen LogP contribution is 2.26. The molecule has 0 unspecified atom stereocenters. The minimum atomic E-state index is -3.26. The van der Waals surface area contributed by atoms with Crippen LogP contribution in [0.2, 0.25) is 0 Å². The highest BCUT2D eigenvalue weighted by atomic mass is 32.2. The average Bonchev–Trinajstić information content (AvgIpc) is 2.38. The summed E-state index contributed by atoms with van der Waals surface area (Å²) in [7, 11) is -3.26. The monoisotopic (exact) mass is 291 g/mol. The van der Waals surface area contributed by atoms with Gasteiger partial charge in [0.05, 0.1) is 4.90 Å². The molecule has 0 saturated heterocycles. The second-order valence-electron chi connectivity index (χ2n) is 4.53. The van der Waals surface area contributed by atoms with Gasteiger partial charge < -0.3 is 5.73 Å². The normalized spacial score (nSPS) is 12.9. The molecule has 0 fully saturated rings. The lowest BCUT2D eigenvalue weighted by molar-refractivity contribution is 0.600. The van der Waals surface area contributed by atoms with E-state index >= 15 is 0 Å². The van der Waals surface area contributed by atoms with Gasteiger partial charge in [0.25, 0.3) is 0 Å². The van der Waals surface area contributed by atoms with E-state index in [1.54, 1.807) is 12.1 Å². The van der Waals surface area contributed by atoms with E-state index in [1.807, 2.05) is 38.1 Å². The first-order valence-corrected chi connectivity index (χ1v) is 8.26. The first-order valence-electron chi connectivity index (χ1n) is 6.36. The summed E-state index contributed by atoms with van der Waals surface area (Å²) >= 11 is 0. The van der Waals surface area contributed by atoms with Crippen LogP contribution in [0, 0.1) is 0 Å². The van der Waals surface area contributed by atoms with E-state index in [9.17, 15) is 8.42 Å². The van der Waals surface area contributed by atoms with Crippen LogP contribution in [-0.4, -0.2) is 14.7 Å². The fraction of sp³-hybridized carbons (Fsp3) is 0.250. The Kier molecular flexibility index (Phi) is 5.48. The first kappa shape index (κ1) is 16.4. The Morgan fingerprint density at radius 2 is 2.00 bits per heavy atom. The Balaban J connectivity index is 3.39. The van der Waals surface area contributed by atoms with E-state index in [0.717, 1.165) is 16.7 Å². The molecule has 0 aliphatic carbocycles. The van der Waals surface area contributed by atoms with Crippen LogP contribution < -0.4 is 5.73 Å². The zero-order valence-electron chi connectivity index (χ0n) is 12.2. The maximum atomic E-state index is 11.7. The van der Waals surface area contributed by atoms with Gasteiger partial charge in [0.15, 0.2) is 9.84 Å².